The number of nitrogens with two attached hydrogens (primary N) is 2. The van der Waals surface area contributed by atoms with E-state index in [-0.39, 0.29) is 32.0 Å². The molecule has 34 heavy (non-hydrogen) atoms. The number of esters is 1. The molecule has 0 bridgehead atoms. The third-order valence-corrected chi connectivity index (χ3v) is 4.72. The Morgan fingerprint density at radius 3 is 2.18 bits per heavy atom. The Hall–Kier alpha value is -3.67. The molecule has 0 saturated carbocycles. The van der Waals surface area contributed by atoms with E-state index in [1.165, 1.54) is 6.92 Å². The average Bonchev–Trinajstić information content (AvgIpc) is 2.78. The molecule has 0 aliphatic heterocycles. The molecular weight excluding hydrogens is 444 g/mol. The number of carbonyl (C=O) groups is 5. The van der Waals surface area contributed by atoms with Crippen LogP contribution in [-0.2, 0) is 30.5 Å². The maximum Gasteiger partial charge on any atom is 0.312 e. The van der Waals surface area contributed by atoms with Crippen molar-refractivity contribution >= 4 is 35.4 Å². The molecule has 1 aromatic rings. The first kappa shape index (κ1) is 28.4. The molecule has 0 spiro atoms. The quantitative estimate of drug-likeness (QED) is 0.166. The van der Waals surface area contributed by atoms with E-state index in [9.17, 15) is 24.0 Å². The Morgan fingerprint density at radius 1 is 1.00 bits per heavy atom. The zero-order valence-corrected chi connectivity index (χ0v) is 19.7. The van der Waals surface area contributed by atoms with Gasteiger partial charge in [0.25, 0.3) is 0 Å². The summed E-state index contributed by atoms with van der Waals surface area (Å²) < 4.78 is 4.93. The van der Waals surface area contributed by atoms with Gasteiger partial charge in [-0.15, -0.1) is 0 Å². The molecule has 1 aromatic carbocycles. The normalized spacial score (nSPS) is 12.3. The summed E-state index contributed by atoms with van der Waals surface area (Å²) in [7, 11) is 0. The van der Waals surface area contributed by atoms with E-state index in [1.807, 2.05) is 0 Å². The summed E-state index contributed by atoms with van der Waals surface area (Å²) in [6.07, 6.45) is 0.572. The van der Waals surface area contributed by atoms with Gasteiger partial charge in [-0.1, -0.05) is 26.0 Å². The first-order valence-electron chi connectivity index (χ1n) is 10.9. The first-order chi connectivity index (χ1) is 16.0. The molecule has 0 fully saturated rings. The molecule has 12 nitrogen and oxygen atoms in total. The van der Waals surface area contributed by atoms with Gasteiger partial charge in [-0.25, -0.2) is 4.79 Å². The lowest BCUT2D eigenvalue weighted by Gasteiger charge is -2.25. The Morgan fingerprint density at radius 2 is 1.65 bits per heavy atom. The summed E-state index contributed by atoms with van der Waals surface area (Å²) in [6, 6.07) is 4.16. The van der Waals surface area contributed by atoms with Gasteiger partial charge in [-0.05, 0) is 36.5 Å². The number of hydrogen-bond acceptors (Lipinski definition) is 7. The minimum absolute atomic E-state index is 0.111. The molecule has 8 N–H and O–H groups in total. The van der Waals surface area contributed by atoms with E-state index in [0.29, 0.717) is 12.1 Å². The summed E-state index contributed by atoms with van der Waals surface area (Å²) in [6.45, 7) is 4.88. The van der Waals surface area contributed by atoms with Crippen LogP contribution in [0, 0.1) is 5.92 Å². The van der Waals surface area contributed by atoms with Crippen molar-refractivity contribution in [1.82, 2.24) is 16.0 Å². The number of urea groups is 1. The molecule has 0 heterocycles. The van der Waals surface area contributed by atoms with E-state index in [4.69, 9.17) is 16.2 Å². The van der Waals surface area contributed by atoms with Gasteiger partial charge in [0, 0.05) is 19.2 Å². The highest BCUT2D eigenvalue weighted by Crippen LogP contribution is 2.12. The van der Waals surface area contributed by atoms with Gasteiger partial charge in [0.15, 0.2) is 0 Å². The fourth-order valence-corrected chi connectivity index (χ4v) is 2.91. The zero-order chi connectivity index (χ0) is 25.7. The SMILES string of the molecule is CC(=O)OCc1ccc(NC(=O)[C@@H](CCCNC(N)=O)NC(=O)[C@H](NC(=O)CN)C(C)C)cc1. The van der Waals surface area contributed by atoms with Crippen LogP contribution in [-0.4, -0.2) is 54.9 Å². The van der Waals surface area contributed by atoms with Crippen molar-refractivity contribution in [2.24, 2.45) is 17.4 Å². The lowest BCUT2D eigenvalue weighted by atomic mass is 10.0. The fraction of sp³-hybridized carbons (Fsp3) is 0.500. The minimum atomic E-state index is -0.945. The maximum absolute atomic E-state index is 12.9. The van der Waals surface area contributed by atoms with Crippen molar-refractivity contribution in [2.75, 3.05) is 18.4 Å². The second kappa shape index (κ2) is 14.5. The smallest absolute Gasteiger partial charge is 0.312 e. The number of nitrogens with one attached hydrogen (secondary N) is 4. The summed E-state index contributed by atoms with van der Waals surface area (Å²) in [5.74, 6) is -2.15. The Kier molecular flexibility index (Phi) is 12.1. The van der Waals surface area contributed by atoms with Crippen molar-refractivity contribution in [3.05, 3.63) is 29.8 Å². The van der Waals surface area contributed by atoms with Crippen LogP contribution < -0.4 is 32.7 Å². The summed E-state index contributed by atoms with van der Waals surface area (Å²) >= 11 is 0. The summed E-state index contributed by atoms with van der Waals surface area (Å²) in [5, 5.41) is 10.4. The first-order valence-corrected chi connectivity index (χ1v) is 10.9. The van der Waals surface area contributed by atoms with Gasteiger partial charge in [0.1, 0.15) is 18.7 Å². The van der Waals surface area contributed by atoms with Crippen LogP contribution in [0.4, 0.5) is 10.5 Å². The third-order valence-electron chi connectivity index (χ3n) is 4.72. The van der Waals surface area contributed by atoms with E-state index in [2.05, 4.69) is 21.3 Å². The van der Waals surface area contributed by atoms with Crippen molar-refractivity contribution in [3.8, 4) is 0 Å². The Labute approximate surface area is 198 Å². The van der Waals surface area contributed by atoms with Crippen molar-refractivity contribution in [3.63, 3.8) is 0 Å². The molecule has 0 aliphatic carbocycles. The Balaban J connectivity index is 2.89. The molecule has 2 atom stereocenters. The molecule has 1 rings (SSSR count). The predicted octanol–water partition coefficient (Wildman–Crippen LogP) is -0.279. The predicted molar refractivity (Wildman–Crippen MR) is 125 cm³/mol. The topological polar surface area (TPSA) is 195 Å². The zero-order valence-electron chi connectivity index (χ0n) is 19.7. The van der Waals surface area contributed by atoms with E-state index in [1.54, 1.807) is 38.1 Å². The highest BCUT2D eigenvalue weighted by molar-refractivity contribution is 5.98. The van der Waals surface area contributed by atoms with Gasteiger partial charge < -0.3 is 37.5 Å². The van der Waals surface area contributed by atoms with Gasteiger partial charge in [0.2, 0.25) is 17.7 Å². The number of primary amides is 1. The minimum Gasteiger partial charge on any atom is -0.461 e. The van der Waals surface area contributed by atoms with Gasteiger partial charge in [0.05, 0.1) is 6.54 Å². The van der Waals surface area contributed by atoms with Crippen LogP contribution in [0.2, 0.25) is 0 Å². The number of amides is 5. The van der Waals surface area contributed by atoms with Crippen molar-refractivity contribution < 1.29 is 28.7 Å². The van der Waals surface area contributed by atoms with Crippen LogP contribution in [0.1, 0.15) is 39.2 Å². The molecule has 0 aliphatic rings. The number of rotatable bonds is 13. The molecule has 0 unspecified atom stereocenters. The standard InChI is InChI=1S/C22H34N6O6/c1-13(2)19(28-18(30)11-23)21(32)27-17(5-4-10-25-22(24)33)20(31)26-16-8-6-15(7-9-16)12-34-14(3)29/h6-9,13,17,19H,4-5,10-12,23H2,1-3H3,(H,26,31)(H,27,32)(H,28,30)(H3,24,25,33)/t17-,19-/m1/s1. The maximum atomic E-state index is 12.9. The highest BCUT2D eigenvalue weighted by Gasteiger charge is 2.28. The van der Waals surface area contributed by atoms with E-state index < -0.39 is 41.8 Å². The van der Waals surface area contributed by atoms with Gasteiger partial charge >= 0.3 is 12.0 Å². The van der Waals surface area contributed by atoms with Crippen molar-refractivity contribution in [1.29, 1.82) is 0 Å². The highest BCUT2D eigenvalue weighted by atomic mass is 16.5. The van der Waals surface area contributed by atoms with Gasteiger partial charge in [-0.2, -0.15) is 0 Å². The third kappa shape index (κ3) is 10.8. The lowest BCUT2D eigenvalue weighted by Crippen LogP contribution is -2.55. The average molecular weight is 479 g/mol. The van der Waals surface area contributed by atoms with Crippen LogP contribution in [0.3, 0.4) is 0 Å². The number of anilines is 1. The largest absolute Gasteiger partial charge is 0.461 e. The van der Waals surface area contributed by atoms with E-state index in [0.717, 1.165) is 5.56 Å². The second-order valence-electron chi connectivity index (χ2n) is 7.95. The second-order valence-corrected chi connectivity index (χ2v) is 7.95. The lowest BCUT2D eigenvalue weighted by molar-refractivity contribution is -0.142. The molecule has 12 heteroatoms. The Bertz CT molecular complexity index is 858. The van der Waals surface area contributed by atoms with E-state index >= 15 is 0 Å². The molecule has 5 amide bonds. The van der Waals surface area contributed by atoms with Crippen LogP contribution in [0.5, 0.6) is 0 Å². The van der Waals surface area contributed by atoms with Crippen LogP contribution in [0.15, 0.2) is 24.3 Å². The summed E-state index contributed by atoms with van der Waals surface area (Å²) in [4.78, 5) is 59.3. The molecule has 0 saturated heterocycles. The molecular formula is C22H34N6O6. The molecule has 0 radical (unpaired) electrons. The molecule has 188 valence electrons. The van der Waals surface area contributed by atoms with Gasteiger partial charge in [-0.3, -0.25) is 19.2 Å². The monoisotopic (exact) mass is 478 g/mol. The number of ether oxygens (including phenoxy) is 1. The number of benzene rings is 1. The van der Waals surface area contributed by atoms with Crippen LogP contribution in [0.25, 0.3) is 0 Å². The number of carbonyl (C=O) groups excluding carboxylic acids is 5. The molecule has 0 aromatic heterocycles. The van der Waals surface area contributed by atoms with Crippen LogP contribution >= 0.6 is 0 Å². The number of hydrogen-bond donors (Lipinski definition) is 6. The summed E-state index contributed by atoms with van der Waals surface area (Å²) in [5.41, 5.74) is 11.6. The fourth-order valence-electron chi connectivity index (χ4n) is 2.91. The van der Waals surface area contributed by atoms with Crippen molar-refractivity contribution in [2.45, 2.75) is 52.3 Å².